The molecule has 10 nitrogen and oxygen atoms in total. The van der Waals surface area contributed by atoms with Gasteiger partial charge in [0.25, 0.3) is 0 Å². The number of carbonyl (C=O) groups is 3. The van der Waals surface area contributed by atoms with Crippen LogP contribution < -0.4 is 0 Å². The molecular formula is C29H40O10. The molecule has 0 aromatic heterocycles. The number of aliphatic hydroxyl groups excluding tert-OH is 1. The number of rotatable bonds is 6. The van der Waals surface area contributed by atoms with Crippen LogP contribution in [0.4, 0.5) is 0 Å². The summed E-state index contributed by atoms with van der Waals surface area (Å²) in [6.45, 7) is 10.3. The Morgan fingerprint density at radius 3 is 2.41 bits per heavy atom. The molecule has 1 N–H and O–H groups in total. The van der Waals surface area contributed by atoms with Crippen molar-refractivity contribution in [2.45, 2.75) is 97.1 Å². The Kier molecular flexibility index (Phi) is 7.13. The molecule has 2 saturated heterocycles. The minimum Gasteiger partial charge on any atom is -0.472 e. The summed E-state index contributed by atoms with van der Waals surface area (Å²) in [6, 6.07) is 0. The standard InChI is InChI=1S/C29H40O10/c1-7-15(2)25(33)39-24-20(32)12-21-27(6,22-11-19-8-9-34-26(19)38-22)16(3)10-23(37-18(5)31)28(21,13-35-17(4)30)29(24)14-36-29/h7-9,16,19-24,26,32H,10-14H2,1-6H3. The maximum atomic E-state index is 12.9. The SMILES string of the molecule is CC=C(C)C(=O)OC1C(O)CC2C(C)(C3CC4C=COC4O3)C(C)CC(OC(C)=O)C2(COC(C)=O)C12CO2. The summed E-state index contributed by atoms with van der Waals surface area (Å²) in [4.78, 5) is 37.6. The molecule has 0 radical (unpaired) electrons. The highest BCUT2D eigenvalue weighted by molar-refractivity contribution is 5.87. The molecule has 1 spiro atoms. The Labute approximate surface area is 229 Å². The van der Waals surface area contributed by atoms with E-state index in [-0.39, 0.29) is 49.8 Å². The van der Waals surface area contributed by atoms with Crippen LogP contribution in [0.3, 0.4) is 0 Å². The van der Waals surface area contributed by atoms with Gasteiger partial charge in [0, 0.05) is 30.8 Å². The van der Waals surface area contributed by atoms with Crippen molar-refractivity contribution in [2.75, 3.05) is 13.2 Å². The molecule has 11 atom stereocenters. The van der Waals surface area contributed by atoms with Crippen molar-refractivity contribution in [3.05, 3.63) is 24.0 Å². The maximum Gasteiger partial charge on any atom is 0.333 e. The Bertz CT molecular complexity index is 1080. The largest absolute Gasteiger partial charge is 0.472 e. The van der Waals surface area contributed by atoms with Crippen LogP contribution >= 0.6 is 0 Å². The zero-order chi connectivity index (χ0) is 28.3. The van der Waals surface area contributed by atoms with E-state index in [0.717, 1.165) is 6.42 Å². The number of allylic oxidation sites excluding steroid dienone is 1. The van der Waals surface area contributed by atoms with Crippen molar-refractivity contribution >= 4 is 17.9 Å². The van der Waals surface area contributed by atoms with E-state index in [1.807, 2.05) is 6.08 Å². The number of hydrogen-bond acceptors (Lipinski definition) is 10. The topological polar surface area (TPSA) is 130 Å². The highest BCUT2D eigenvalue weighted by Gasteiger charge is 2.81. The second-order valence-electron chi connectivity index (χ2n) is 12.1. The first-order chi connectivity index (χ1) is 18.4. The molecule has 4 fully saturated rings. The monoisotopic (exact) mass is 548 g/mol. The van der Waals surface area contributed by atoms with E-state index < -0.39 is 52.7 Å². The molecule has 5 rings (SSSR count). The number of fused-ring (bicyclic) bond motifs is 3. The number of hydrogen-bond donors (Lipinski definition) is 1. The zero-order valence-corrected chi connectivity index (χ0v) is 23.5. The van der Waals surface area contributed by atoms with Gasteiger partial charge >= 0.3 is 17.9 Å². The summed E-state index contributed by atoms with van der Waals surface area (Å²) in [6.07, 6.45) is 3.29. The second-order valence-corrected chi connectivity index (χ2v) is 12.1. The average molecular weight is 549 g/mol. The van der Waals surface area contributed by atoms with E-state index in [9.17, 15) is 19.5 Å². The van der Waals surface area contributed by atoms with E-state index in [0.29, 0.717) is 12.0 Å². The molecule has 3 heterocycles. The lowest BCUT2D eigenvalue weighted by atomic mass is 9.41. The lowest BCUT2D eigenvalue weighted by molar-refractivity contribution is -0.283. The number of aliphatic hydroxyl groups is 1. The van der Waals surface area contributed by atoms with Gasteiger partial charge in [-0.15, -0.1) is 0 Å². The molecule has 0 bridgehead atoms. The van der Waals surface area contributed by atoms with Gasteiger partial charge < -0.3 is 33.5 Å². The third-order valence-corrected chi connectivity index (χ3v) is 10.3. The van der Waals surface area contributed by atoms with Gasteiger partial charge in [-0.05, 0) is 51.0 Å². The fourth-order valence-electron chi connectivity index (χ4n) is 7.93. The van der Waals surface area contributed by atoms with E-state index in [4.69, 9.17) is 28.4 Å². The van der Waals surface area contributed by atoms with Gasteiger partial charge in [0.2, 0.25) is 6.29 Å². The van der Waals surface area contributed by atoms with Crippen molar-refractivity contribution in [1.82, 2.24) is 0 Å². The van der Waals surface area contributed by atoms with Crippen LogP contribution in [-0.4, -0.2) is 72.5 Å². The number of carbonyl (C=O) groups excluding carboxylic acids is 3. The van der Waals surface area contributed by atoms with Gasteiger partial charge in [0.15, 0.2) is 6.10 Å². The first-order valence-corrected chi connectivity index (χ1v) is 13.8. The fraction of sp³-hybridized carbons (Fsp3) is 0.759. The smallest absolute Gasteiger partial charge is 0.333 e. The van der Waals surface area contributed by atoms with Crippen molar-refractivity contribution in [2.24, 2.45) is 28.6 Å². The van der Waals surface area contributed by atoms with Crippen LogP contribution in [-0.2, 0) is 42.8 Å². The Morgan fingerprint density at radius 1 is 1.10 bits per heavy atom. The molecule has 10 heteroatoms. The molecule has 216 valence electrons. The number of ether oxygens (including phenoxy) is 6. The van der Waals surface area contributed by atoms with Crippen molar-refractivity contribution < 1.29 is 47.9 Å². The second kappa shape index (κ2) is 9.89. The average Bonchev–Trinajstić information content (AvgIpc) is 3.36. The molecular weight excluding hydrogens is 508 g/mol. The lowest BCUT2D eigenvalue weighted by Gasteiger charge is -2.65. The predicted molar refractivity (Wildman–Crippen MR) is 136 cm³/mol. The van der Waals surface area contributed by atoms with Gasteiger partial charge in [-0.2, -0.15) is 0 Å². The summed E-state index contributed by atoms with van der Waals surface area (Å²) in [7, 11) is 0. The maximum absolute atomic E-state index is 12.9. The molecule has 11 unspecified atom stereocenters. The molecule has 3 aliphatic heterocycles. The molecule has 0 amide bonds. The van der Waals surface area contributed by atoms with Crippen LogP contribution in [0.1, 0.15) is 60.8 Å². The Hall–Kier alpha value is -2.43. The number of epoxide rings is 1. The van der Waals surface area contributed by atoms with Crippen LogP contribution in [0.5, 0.6) is 0 Å². The van der Waals surface area contributed by atoms with Gasteiger partial charge in [-0.25, -0.2) is 4.79 Å². The third kappa shape index (κ3) is 4.21. The summed E-state index contributed by atoms with van der Waals surface area (Å²) in [5.74, 6) is -1.79. The van der Waals surface area contributed by atoms with Gasteiger partial charge in [0.05, 0.1) is 30.5 Å². The molecule has 0 aromatic carbocycles. The first-order valence-electron chi connectivity index (χ1n) is 13.8. The van der Waals surface area contributed by atoms with Gasteiger partial charge in [-0.3, -0.25) is 9.59 Å². The normalized spacial score (nSPS) is 46.2. The summed E-state index contributed by atoms with van der Waals surface area (Å²) in [5, 5.41) is 11.6. The number of esters is 3. The van der Waals surface area contributed by atoms with Gasteiger partial charge in [-0.1, -0.05) is 19.9 Å². The highest BCUT2D eigenvalue weighted by Crippen LogP contribution is 2.70. The van der Waals surface area contributed by atoms with Crippen molar-refractivity contribution in [3.8, 4) is 0 Å². The molecule has 2 saturated carbocycles. The highest BCUT2D eigenvalue weighted by atomic mass is 16.7. The zero-order valence-electron chi connectivity index (χ0n) is 23.5. The van der Waals surface area contributed by atoms with Gasteiger partial charge in [0.1, 0.15) is 18.3 Å². The lowest BCUT2D eigenvalue weighted by Crippen LogP contribution is -2.74. The van der Waals surface area contributed by atoms with E-state index in [1.165, 1.54) is 13.8 Å². The van der Waals surface area contributed by atoms with E-state index >= 15 is 0 Å². The third-order valence-electron chi connectivity index (χ3n) is 10.3. The quantitative estimate of drug-likeness (QED) is 0.229. The summed E-state index contributed by atoms with van der Waals surface area (Å²) in [5.41, 5.74) is -2.48. The first kappa shape index (κ1) is 28.1. The van der Waals surface area contributed by atoms with Crippen molar-refractivity contribution in [3.63, 3.8) is 0 Å². The molecule has 2 aliphatic carbocycles. The molecule has 39 heavy (non-hydrogen) atoms. The Morgan fingerprint density at radius 2 is 1.82 bits per heavy atom. The predicted octanol–water partition coefficient (Wildman–Crippen LogP) is 2.82. The minimum atomic E-state index is -1.22. The van der Waals surface area contributed by atoms with Crippen LogP contribution in [0.25, 0.3) is 0 Å². The summed E-state index contributed by atoms with van der Waals surface area (Å²) >= 11 is 0. The fourth-order valence-corrected chi connectivity index (χ4v) is 7.93. The molecule has 5 aliphatic rings. The van der Waals surface area contributed by atoms with E-state index in [2.05, 4.69) is 13.8 Å². The minimum absolute atomic E-state index is 0.00233. The van der Waals surface area contributed by atoms with E-state index in [1.54, 1.807) is 26.2 Å². The molecule has 0 aromatic rings. The van der Waals surface area contributed by atoms with Crippen molar-refractivity contribution in [1.29, 1.82) is 0 Å². The van der Waals surface area contributed by atoms with Crippen LogP contribution in [0.2, 0.25) is 0 Å². The van der Waals surface area contributed by atoms with Crippen LogP contribution in [0.15, 0.2) is 24.0 Å². The van der Waals surface area contributed by atoms with Crippen LogP contribution in [0, 0.1) is 28.6 Å². The summed E-state index contributed by atoms with van der Waals surface area (Å²) < 4.78 is 36.0. The Balaban J connectivity index is 1.64.